The maximum atomic E-state index is 11.2. The van der Waals surface area contributed by atoms with Gasteiger partial charge in [-0.3, -0.25) is 4.55 Å². The fraction of sp³-hybridized carbons (Fsp3) is 0.400. The molecule has 9 nitrogen and oxygen atoms in total. The van der Waals surface area contributed by atoms with Crippen LogP contribution in [0.5, 0.6) is 23.0 Å². The lowest BCUT2D eigenvalue weighted by molar-refractivity contribution is 0.107. The Morgan fingerprint density at radius 2 is 1.70 bits per heavy atom. The van der Waals surface area contributed by atoms with Crippen molar-refractivity contribution in [2.24, 2.45) is 11.8 Å². The Morgan fingerprint density at radius 1 is 1.03 bits per heavy atom. The zero-order valence-corrected chi connectivity index (χ0v) is 17.3. The van der Waals surface area contributed by atoms with Crippen molar-refractivity contribution in [1.82, 2.24) is 0 Å². The molecule has 0 spiro atoms. The monoisotopic (exact) mass is 440 g/mol. The predicted octanol–water partition coefficient (Wildman–Crippen LogP) is 1.85. The molecule has 0 aromatic heterocycles. The Kier molecular flexibility index (Phi) is 6.41. The van der Waals surface area contributed by atoms with Gasteiger partial charge in [0.2, 0.25) is 0 Å². The maximum Gasteiger partial charge on any atom is 0.397 e. The minimum absolute atomic E-state index is 0.0701. The van der Waals surface area contributed by atoms with Crippen LogP contribution < -0.4 is 9.47 Å². The predicted molar refractivity (Wildman–Crippen MR) is 106 cm³/mol. The molecule has 3 rings (SSSR count). The lowest BCUT2D eigenvalue weighted by atomic mass is 9.67. The molecule has 0 aliphatic heterocycles. The van der Waals surface area contributed by atoms with Gasteiger partial charge >= 0.3 is 10.4 Å². The lowest BCUT2D eigenvalue weighted by Crippen LogP contribution is -2.36. The molecule has 164 valence electrons. The SMILES string of the molecule is COc1cc([C@H]2c3cc(O)c(OC)cc3C[C@@H](CO)[C@@H]2COS(=O)(=O)O)ccc1O. The largest absolute Gasteiger partial charge is 0.504 e. The second-order valence-electron chi connectivity index (χ2n) is 7.15. The molecule has 2 aromatic carbocycles. The minimum Gasteiger partial charge on any atom is -0.504 e. The van der Waals surface area contributed by atoms with E-state index in [0.717, 1.165) is 5.56 Å². The average molecular weight is 440 g/mol. The third-order valence-corrected chi connectivity index (χ3v) is 5.93. The van der Waals surface area contributed by atoms with Gasteiger partial charge in [0.1, 0.15) is 0 Å². The topological polar surface area (TPSA) is 143 Å². The fourth-order valence-corrected chi connectivity index (χ4v) is 4.43. The molecule has 0 unspecified atom stereocenters. The van der Waals surface area contributed by atoms with E-state index in [-0.39, 0.29) is 36.2 Å². The standard InChI is InChI=1S/C20H24O9S/c1-27-18-6-11(3-4-16(18)22)20-14-8-17(23)19(28-2)7-12(14)5-13(9-21)15(20)10-29-30(24,25)26/h3-4,6-8,13,15,20-23H,5,9-10H2,1-2H3,(H,24,25,26)/t13-,15-,20-/m0/s1. The van der Waals surface area contributed by atoms with Crippen molar-refractivity contribution in [1.29, 1.82) is 0 Å². The molecule has 30 heavy (non-hydrogen) atoms. The van der Waals surface area contributed by atoms with Crippen LogP contribution in [0.4, 0.5) is 0 Å². The van der Waals surface area contributed by atoms with E-state index in [0.29, 0.717) is 17.5 Å². The summed E-state index contributed by atoms with van der Waals surface area (Å²) in [6.45, 7) is -0.641. The Hall–Kier alpha value is -2.53. The number of rotatable bonds is 7. The van der Waals surface area contributed by atoms with Crippen molar-refractivity contribution >= 4 is 10.4 Å². The van der Waals surface area contributed by atoms with E-state index in [1.54, 1.807) is 18.2 Å². The number of fused-ring (bicyclic) bond motifs is 1. The summed E-state index contributed by atoms with van der Waals surface area (Å²) in [4.78, 5) is 0. The first-order chi connectivity index (χ1) is 14.2. The van der Waals surface area contributed by atoms with Crippen molar-refractivity contribution in [3.8, 4) is 23.0 Å². The molecular formula is C20H24O9S. The molecule has 10 heteroatoms. The van der Waals surface area contributed by atoms with Crippen LogP contribution in [-0.2, 0) is 21.0 Å². The Bertz CT molecular complexity index is 1020. The van der Waals surface area contributed by atoms with Crippen LogP contribution in [0, 0.1) is 11.8 Å². The molecule has 0 heterocycles. The van der Waals surface area contributed by atoms with Crippen molar-refractivity contribution in [3.05, 3.63) is 47.0 Å². The Labute approximate surface area is 174 Å². The highest BCUT2D eigenvalue weighted by Gasteiger charge is 2.39. The number of hydrogen-bond acceptors (Lipinski definition) is 8. The molecule has 2 aromatic rings. The van der Waals surface area contributed by atoms with E-state index in [1.165, 1.54) is 26.4 Å². The molecule has 0 bridgehead atoms. The van der Waals surface area contributed by atoms with E-state index >= 15 is 0 Å². The highest BCUT2D eigenvalue weighted by Crippen LogP contribution is 2.48. The second kappa shape index (κ2) is 8.68. The number of hydrogen-bond donors (Lipinski definition) is 4. The first kappa shape index (κ1) is 22.2. The van der Waals surface area contributed by atoms with Gasteiger partial charge in [0.15, 0.2) is 23.0 Å². The van der Waals surface area contributed by atoms with E-state index in [4.69, 9.17) is 14.0 Å². The van der Waals surface area contributed by atoms with E-state index in [1.807, 2.05) is 0 Å². The number of methoxy groups -OCH3 is 2. The summed E-state index contributed by atoms with van der Waals surface area (Å²) < 4.78 is 46.5. The second-order valence-corrected chi connectivity index (χ2v) is 8.25. The zero-order valence-electron chi connectivity index (χ0n) is 16.5. The molecular weight excluding hydrogens is 416 g/mol. The summed E-state index contributed by atoms with van der Waals surface area (Å²) in [6, 6.07) is 7.91. The first-order valence-electron chi connectivity index (χ1n) is 9.17. The van der Waals surface area contributed by atoms with Crippen molar-refractivity contribution in [2.45, 2.75) is 12.3 Å². The first-order valence-corrected chi connectivity index (χ1v) is 10.5. The van der Waals surface area contributed by atoms with Gasteiger partial charge in [0.05, 0.1) is 20.8 Å². The van der Waals surface area contributed by atoms with Gasteiger partial charge < -0.3 is 24.8 Å². The number of aliphatic hydroxyl groups excluding tert-OH is 1. The maximum absolute atomic E-state index is 11.2. The van der Waals surface area contributed by atoms with Crippen LogP contribution in [0.3, 0.4) is 0 Å². The highest BCUT2D eigenvalue weighted by molar-refractivity contribution is 7.80. The molecule has 0 fully saturated rings. The number of phenols is 2. The molecule has 3 atom stereocenters. The van der Waals surface area contributed by atoms with Crippen LogP contribution in [0.2, 0.25) is 0 Å². The number of aromatic hydroxyl groups is 2. The van der Waals surface area contributed by atoms with Crippen molar-refractivity contribution in [3.63, 3.8) is 0 Å². The van der Waals surface area contributed by atoms with Crippen molar-refractivity contribution < 1.29 is 41.9 Å². The Morgan fingerprint density at radius 3 is 2.30 bits per heavy atom. The Balaban J connectivity index is 2.18. The smallest absolute Gasteiger partial charge is 0.397 e. The third kappa shape index (κ3) is 4.46. The minimum atomic E-state index is -4.69. The fourth-order valence-electron chi connectivity index (χ4n) is 4.10. The molecule has 4 N–H and O–H groups in total. The summed E-state index contributed by atoms with van der Waals surface area (Å²) in [5.74, 6) is -1.17. The van der Waals surface area contributed by atoms with Crippen LogP contribution in [-0.4, -0.2) is 55.7 Å². The number of aliphatic hydroxyl groups is 1. The lowest BCUT2D eigenvalue weighted by Gasteiger charge is -2.39. The summed E-state index contributed by atoms with van der Waals surface area (Å²) >= 11 is 0. The van der Waals surface area contributed by atoms with Crippen LogP contribution in [0.15, 0.2) is 30.3 Å². The van der Waals surface area contributed by atoms with Crippen molar-refractivity contribution in [2.75, 3.05) is 27.4 Å². The van der Waals surface area contributed by atoms with Crippen LogP contribution in [0.25, 0.3) is 0 Å². The average Bonchev–Trinajstić information content (AvgIpc) is 2.70. The van der Waals surface area contributed by atoms with Gasteiger partial charge in [-0.05, 0) is 53.3 Å². The summed E-state index contributed by atoms with van der Waals surface area (Å²) in [5.41, 5.74) is 2.15. The van der Waals surface area contributed by atoms with E-state index < -0.39 is 28.2 Å². The number of benzene rings is 2. The molecule has 0 saturated carbocycles. The van der Waals surface area contributed by atoms with Gasteiger partial charge in [0, 0.05) is 18.4 Å². The molecule has 1 aliphatic rings. The molecule has 0 saturated heterocycles. The van der Waals surface area contributed by atoms with Gasteiger partial charge in [0.25, 0.3) is 0 Å². The quantitative estimate of drug-likeness (QED) is 0.474. The van der Waals surface area contributed by atoms with E-state index in [9.17, 15) is 23.7 Å². The zero-order chi connectivity index (χ0) is 22.1. The van der Waals surface area contributed by atoms with Gasteiger partial charge in [-0.25, -0.2) is 4.18 Å². The number of ether oxygens (including phenoxy) is 2. The molecule has 0 amide bonds. The highest BCUT2D eigenvalue weighted by atomic mass is 32.3. The van der Waals surface area contributed by atoms with Crippen LogP contribution >= 0.6 is 0 Å². The van der Waals surface area contributed by atoms with Crippen LogP contribution in [0.1, 0.15) is 22.6 Å². The molecule has 0 radical (unpaired) electrons. The third-order valence-electron chi connectivity index (χ3n) is 5.50. The summed E-state index contributed by atoms with van der Waals surface area (Å²) in [6.07, 6.45) is 0.383. The normalized spacial score (nSPS) is 21.1. The summed E-state index contributed by atoms with van der Waals surface area (Å²) in [7, 11) is -1.86. The van der Waals surface area contributed by atoms with E-state index in [2.05, 4.69) is 4.18 Å². The molecule has 1 aliphatic carbocycles. The number of phenolic OH excluding ortho intramolecular Hbond substituents is 2. The van der Waals surface area contributed by atoms with Gasteiger partial charge in [-0.1, -0.05) is 6.07 Å². The summed E-state index contributed by atoms with van der Waals surface area (Å²) in [5, 5.41) is 30.3. The van der Waals surface area contributed by atoms with Gasteiger partial charge in [-0.2, -0.15) is 8.42 Å². The van der Waals surface area contributed by atoms with Gasteiger partial charge in [-0.15, -0.1) is 0 Å².